The number of amides is 1. The Balaban J connectivity index is 1.79. The van der Waals surface area contributed by atoms with E-state index in [0.717, 1.165) is 27.3 Å². The lowest BCUT2D eigenvalue weighted by atomic mass is 10.2. The average molecular weight is 389 g/mol. The largest absolute Gasteiger partial charge is 0.494 e. The van der Waals surface area contributed by atoms with Crippen LogP contribution in [0.3, 0.4) is 0 Å². The van der Waals surface area contributed by atoms with Gasteiger partial charge in [0.25, 0.3) is 5.91 Å². The van der Waals surface area contributed by atoms with E-state index < -0.39 is 0 Å². The van der Waals surface area contributed by atoms with Crippen molar-refractivity contribution in [3.63, 3.8) is 0 Å². The third-order valence-electron chi connectivity index (χ3n) is 4.24. The van der Waals surface area contributed by atoms with Crippen molar-refractivity contribution in [3.8, 4) is 5.75 Å². The Labute approximate surface area is 167 Å². The number of thiazole rings is 1. The first-order valence-electron chi connectivity index (χ1n) is 9.01. The van der Waals surface area contributed by atoms with Gasteiger partial charge in [0.05, 0.1) is 28.1 Å². The fourth-order valence-corrected chi connectivity index (χ4v) is 3.84. The second kappa shape index (κ2) is 7.78. The predicted molar refractivity (Wildman–Crippen MR) is 113 cm³/mol. The molecule has 0 fully saturated rings. The van der Waals surface area contributed by atoms with Crippen molar-refractivity contribution < 1.29 is 9.53 Å². The van der Waals surface area contributed by atoms with Crippen LogP contribution in [0.25, 0.3) is 10.2 Å². The van der Waals surface area contributed by atoms with E-state index in [1.165, 1.54) is 11.3 Å². The lowest BCUT2D eigenvalue weighted by Gasteiger charge is -2.20. The van der Waals surface area contributed by atoms with Crippen molar-refractivity contribution >= 4 is 38.3 Å². The van der Waals surface area contributed by atoms with Crippen LogP contribution in [-0.4, -0.2) is 22.5 Å². The number of nitrogens with zero attached hydrogens (tertiary/aromatic N) is 3. The molecule has 0 unspecified atom stereocenters. The molecular formula is C22H19N3O2S. The number of rotatable bonds is 5. The summed E-state index contributed by atoms with van der Waals surface area (Å²) in [5.41, 5.74) is 2.98. The standard InChI is InChI=1S/C22H19N3O2S/c1-3-27-18-12-10-17(11-13-18)25(21(26)16-9-8-15(2)23-14-16)22-24-19-6-4-5-7-20(19)28-22/h4-14H,3H2,1-2H3. The van der Waals surface area contributed by atoms with Gasteiger partial charge in [0.1, 0.15) is 5.75 Å². The third-order valence-corrected chi connectivity index (χ3v) is 5.26. The number of pyridine rings is 1. The summed E-state index contributed by atoms with van der Waals surface area (Å²) in [6.07, 6.45) is 1.60. The second-order valence-corrected chi connectivity index (χ2v) is 7.23. The Morgan fingerprint density at radius 3 is 2.54 bits per heavy atom. The summed E-state index contributed by atoms with van der Waals surface area (Å²) >= 11 is 1.48. The van der Waals surface area contributed by atoms with E-state index in [9.17, 15) is 4.79 Å². The first-order valence-corrected chi connectivity index (χ1v) is 9.83. The molecule has 2 heterocycles. The zero-order valence-corrected chi connectivity index (χ0v) is 16.4. The highest BCUT2D eigenvalue weighted by Crippen LogP contribution is 2.35. The number of fused-ring (bicyclic) bond motifs is 1. The summed E-state index contributed by atoms with van der Waals surface area (Å²) < 4.78 is 6.56. The molecule has 0 aliphatic rings. The summed E-state index contributed by atoms with van der Waals surface area (Å²) in [4.78, 5) is 23.9. The van der Waals surface area contributed by atoms with Crippen molar-refractivity contribution in [1.29, 1.82) is 0 Å². The second-order valence-electron chi connectivity index (χ2n) is 6.22. The molecule has 0 saturated carbocycles. The number of carbonyl (C=O) groups is 1. The van der Waals surface area contributed by atoms with Gasteiger partial charge in [-0.25, -0.2) is 4.98 Å². The first kappa shape index (κ1) is 18.1. The van der Waals surface area contributed by atoms with Gasteiger partial charge in [0, 0.05) is 11.9 Å². The van der Waals surface area contributed by atoms with E-state index in [2.05, 4.69) is 9.97 Å². The Bertz CT molecular complexity index is 1070. The van der Waals surface area contributed by atoms with Crippen LogP contribution in [0.15, 0.2) is 66.9 Å². The molecule has 140 valence electrons. The maximum absolute atomic E-state index is 13.4. The van der Waals surface area contributed by atoms with E-state index in [1.807, 2.05) is 68.4 Å². The van der Waals surface area contributed by atoms with Gasteiger partial charge in [0.2, 0.25) is 0 Å². The predicted octanol–water partition coefficient (Wildman–Crippen LogP) is 5.38. The minimum Gasteiger partial charge on any atom is -0.494 e. The van der Waals surface area contributed by atoms with Crippen molar-refractivity contribution in [3.05, 3.63) is 78.1 Å². The lowest BCUT2D eigenvalue weighted by Crippen LogP contribution is -2.26. The topological polar surface area (TPSA) is 55.3 Å². The fraction of sp³-hybridized carbons (Fsp3) is 0.136. The fourth-order valence-electron chi connectivity index (χ4n) is 2.85. The van der Waals surface area contributed by atoms with Crippen LogP contribution >= 0.6 is 11.3 Å². The van der Waals surface area contributed by atoms with Gasteiger partial charge in [-0.15, -0.1) is 0 Å². The number of hydrogen-bond donors (Lipinski definition) is 0. The highest BCUT2D eigenvalue weighted by atomic mass is 32.1. The summed E-state index contributed by atoms with van der Waals surface area (Å²) in [6, 6.07) is 19.0. The summed E-state index contributed by atoms with van der Waals surface area (Å²) in [6.45, 7) is 4.43. The number of hydrogen-bond acceptors (Lipinski definition) is 5. The number of anilines is 2. The molecule has 0 N–H and O–H groups in total. The van der Waals surface area contributed by atoms with Gasteiger partial charge in [-0.1, -0.05) is 23.5 Å². The Kier molecular flexibility index (Phi) is 5.04. The van der Waals surface area contributed by atoms with Crippen LogP contribution in [0, 0.1) is 6.92 Å². The van der Waals surface area contributed by atoms with Crippen molar-refractivity contribution in [2.45, 2.75) is 13.8 Å². The van der Waals surface area contributed by atoms with Gasteiger partial charge in [-0.3, -0.25) is 14.7 Å². The van der Waals surface area contributed by atoms with Crippen molar-refractivity contribution in [2.24, 2.45) is 0 Å². The number of para-hydroxylation sites is 1. The van der Waals surface area contributed by atoms with Crippen molar-refractivity contribution in [1.82, 2.24) is 9.97 Å². The van der Waals surface area contributed by atoms with E-state index >= 15 is 0 Å². The lowest BCUT2D eigenvalue weighted by molar-refractivity contribution is 0.0999. The molecule has 0 bridgehead atoms. The Hall–Kier alpha value is -3.25. The van der Waals surface area contributed by atoms with Crippen LogP contribution in [-0.2, 0) is 0 Å². The highest BCUT2D eigenvalue weighted by Gasteiger charge is 2.23. The Morgan fingerprint density at radius 2 is 1.86 bits per heavy atom. The van der Waals surface area contributed by atoms with E-state index in [4.69, 9.17) is 4.74 Å². The molecule has 0 atom stereocenters. The average Bonchev–Trinajstić information content (AvgIpc) is 3.13. The first-order chi connectivity index (χ1) is 13.7. The van der Waals surface area contributed by atoms with E-state index in [1.54, 1.807) is 17.2 Å². The third kappa shape index (κ3) is 3.59. The summed E-state index contributed by atoms with van der Waals surface area (Å²) in [5, 5.41) is 0.621. The number of ether oxygens (including phenoxy) is 1. The molecular weight excluding hydrogens is 370 g/mol. The molecule has 28 heavy (non-hydrogen) atoms. The monoisotopic (exact) mass is 389 g/mol. The molecule has 2 aromatic heterocycles. The molecule has 0 saturated heterocycles. The normalized spacial score (nSPS) is 10.8. The molecule has 5 nitrogen and oxygen atoms in total. The minimum absolute atomic E-state index is 0.171. The zero-order chi connectivity index (χ0) is 19.5. The van der Waals surface area contributed by atoms with Crippen LogP contribution in [0.4, 0.5) is 10.8 Å². The molecule has 0 aliphatic heterocycles. The number of aryl methyl sites for hydroxylation is 1. The van der Waals surface area contributed by atoms with Crippen LogP contribution < -0.4 is 9.64 Å². The van der Waals surface area contributed by atoms with Crippen LogP contribution in [0.5, 0.6) is 5.75 Å². The summed E-state index contributed by atoms with van der Waals surface area (Å²) in [5.74, 6) is 0.593. The molecule has 0 spiro atoms. The van der Waals surface area contributed by atoms with Crippen LogP contribution in [0.2, 0.25) is 0 Å². The number of carbonyl (C=O) groups excluding carboxylic acids is 1. The number of aromatic nitrogens is 2. The quantitative estimate of drug-likeness (QED) is 0.460. The molecule has 4 rings (SSSR count). The molecule has 0 radical (unpaired) electrons. The Morgan fingerprint density at radius 1 is 1.07 bits per heavy atom. The summed E-state index contributed by atoms with van der Waals surface area (Å²) in [7, 11) is 0. The molecule has 4 aromatic rings. The zero-order valence-electron chi connectivity index (χ0n) is 15.6. The van der Waals surface area contributed by atoms with Gasteiger partial charge in [-0.2, -0.15) is 0 Å². The van der Waals surface area contributed by atoms with Gasteiger partial charge < -0.3 is 4.74 Å². The molecule has 1 amide bonds. The van der Waals surface area contributed by atoms with Crippen molar-refractivity contribution in [2.75, 3.05) is 11.5 Å². The van der Waals surface area contributed by atoms with E-state index in [0.29, 0.717) is 17.3 Å². The van der Waals surface area contributed by atoms with Crippen LogP contribution in [0.1, 0.15) is 23.0 Å². The molecule has 0 aliphatic carbocycles. The van der Waals surface area contributed by atoms with E-state index in [-0.39, 0.29) is 5.91 Å². The smallest absolute Gasteiger partial charge is 0.266 e. The van der Waals surface area contributed by atoms with Gasteiger partial charge in [0.15, 0.2) is 5.13 Å². The maximum Gasteiger partial charge on any atom is 0.266 e. The number of benzene rings is 2. The van der Waals surface area contributed by atoms with Gasteiger partial charge in [-0.05, 0) is 62.4 Å². The van der Waals surface area contributed by atoms with Gasteiger partial charge >= 0.3 is 0 Å². The molecule has 6 heteroatoms. The minimum atomic E-state index is -0.171. The molecule has 2 aromatic carbocycles. The highest BCUT2D eigenvalue weighted by molar-refractivity contribution is 7.22. The maximum atomic E-state index is 13.4. The SMILES string of the molecule is CCOc1ccc(N(C(=O)c2ccc(C)nc2)c2nc3ccccc3s2)cc1.